The fourth-order valence-corrected chi connectivity index (χ4v) is 1.24. The highest BCUT2D eigenvalue weighted by Crippen LogP contribution is 2.15. The molecule has 0 aromatic rings. The third kappa shape index (κ3) is 4.87. The molecule has 0 aliphatic heterocycles. The Bertz CT molecular complexity index is 86.7. The van der Waals surface area contributed by atoms with Gasteiger partial charge < -0.3 is 0 Å². The van der Waals surface area contributed by atoms with E-state index in [0.29, 0.717) is 0 Å². The van der Waals surface area contributed by atoms with Gasteiger partial charge in [-0.05, 0) is 12.3 Å². The summed E-state index contributed by atoms with van der Waals surface area (Å²) in [6.45, 7) is 4.47. The normalized spacial score (nSPS) is 14.3. The van der Waals surface area contributed by atoms with Crippen LogP contribution in [0, 0.1) is 5.92 Å². The van der Waals surface area contributed by atoms with Gasteiger partial charge in [-0.3, -0.25) is 0 Å². The number of hydrogen-bond donors (Lipinski definition) is 0. The molecule has 1 unspecified atom stereocenters. The van der Waals surface area contributed by atoms with E-state index in [9.17, 15) is 0 Å². The Morgan fingerprint density at radius 1 is 1.40 bits per heavy atom. The quantitative estimate of drug-likeness (QED) is 0.571. The van der Waals surface area contributed by atoms with E-state index in [1.54, 1.807) is 5.54 Å². The Kier molecular flexibility index (Phi) is 7.16. The lowest BCUT2D eigenvalue weighted by Crippen LogP contribution is -1.95. The van der Waals surface area contributed by atoms with Crippen LogP contribution in [0.4, 0.5) is 0 Å². The number of allylic oxidation sites excluding steroid dienone is 1. The average Bonchev–Trinajstić information content (AvgIpc) is 1.98. The van der Waals surface area contributed by atoms with Crippen molar-refractivity contribution in [3.8, 4) is 0 Å². The molecule has 0 aromatic carbocycles. The van der Waals surface area contributed by atoms with Crippen LogP contribution in [-0.2, 0) is 0 Å². The fourth-order valence-electron chi connectivity index (χ4n) is 1.14. The zero-order valence-corrected chi connectivity index (χ0v) is 7.69. The summed E-state index contributed by atoms with van der Waals surface area (Å²) in [6, 6.07) is 0. The first-order valence-corrected chi connectivity index (χ1v) is 4.54. The van der Waals surface area contributed by atoms with Gasteiger partial charge in [0.2, 0.25) is 0 Å². The lowest BCUT2D eigenvalue weighted by molar-refractivity contribution is 0.470. The van der Waals surface area contributed by atoms with Gasteiger partial charge in [0.15, 0.2) is 0 Å². The second kappa shape index (κ2) is 7.14. The molecule has 0 saturated heterocycles. The van der Waals surface area contributed by atoms with E-state index in [-0.39, 0.29) is 0 Å². The topological polar surface area (TPSA) is 0 Å². The predicted octanol–water partition coefficient (Wildman–Crippen LogP) is 3.96. The van der Waals surface area contributed by atoms with Crippen LogP contribution in [0.1, 0.15) is 39.5 Å². The summed E-state index contributed by atoms with van der Waals surface area (Å²) in [7, 11) is 0. The van der Waals surface area contributed by atoms with Crippen molar-refractivity contribution in [1.29, 1.82) is 0 Å². The van der Waals surface area contributed by atoms with Crippen molar-refractivity contribution in [3.05, 3.63) is 11.6 Å². The molecule has 0 fully saturated rings. The van der Waals surface area contributed by atoms with E-state index >= 15 is 0 Å². The molecule has 0 heterocycles. The van der Waals surface area contributed by atoms with Crippen molar-refractivity contribution < 1.29 is 0 Å². The maximum absolute atomic E-state index is 5.42. The second-order valence-corrected chi connectivity index (χ2v) is 2.91. The summed E-state index contributed by atoms with van der Waals surface area (Å²) in [6.07, 6.45) is 7.08. The lowest BCUT2D eigenvalue weighted by atomic mass is 9.97. The van der Waals surface area contributed by atoms with Crippen LogP contribution in [0.3, 0.4) is 0 Å². The summed E-state index contributed by atoms with van der Waals surface area (Å²) < 4.78 is 0. The highest BCUT2D eigenvalue weighted by Gasteiger charge is 2.00. The Morgan fingerprint density at radius 3 is 2.50 bits per heavy atom. The van der Waals surface area contributed by atoms with Gasteiger partial charge in [0.1, 0.15) is 0 Å². The molecule has 1 heteroatoms. The summed E-state index contributed by atoms with van der Waals surface area (Å²) >= 11 is 5.42. The summed E-state index contributed by atoms with van der Waals surface area (Å²) in [5.74, 6) is 0.847. The van der Waals surface area contributed by atoms with Crippen molar-refractivity contribution in [3.63, 3.8) is 0 Å². The monoisotopic (exact) mass is 160 g/mol. The van der Waals surface area contributed by atoms with Crippen molar-refractivity contribution >= 4 is 11.6 Å². The summed E-state index contributed by atoms with van der Waals surface area (Å²) in [5, 5.41) is 0. The van der Waals surface area contributed by atoms with Gasteiger partial charge in [-0.25, -0.2) is 0 Å². The van der Waals surface area contributed by atoms with Gasteiger partial charge in [0.05, 0.1) is 0 Å². The molecule has 60 valence electrons. The van der Waals surface area contributed by atoms with Gasteiger partial charge >= 0.3 is 0 Å². The minimum absolute atomic E-state index is 0.847. The van der Waals surface area contributed by atoms with E-state index in [1.165, 1.54) is 19.3 Å². The van der Waals surface area contributed by atoms with Crippen LogP contribution in [0.2, 0.25) is 0 Å². The predicted molar refractivity (Wildman–Crippen MR) is 48.3 cm³/mol. The van der Waals surface area contributed by atoms with E-state index < -0.39 is 0 Å². The Balaban J connectivity index is 3.39. The molecular formula is C9H17Cl. The molecule has 0 rings (SSSR count). The Hall–Kier alpha value is 0.0300. The first-order chi connectivity index (χ1) is 4.85. The molecule has 0 bridgehead atoms. The molecule has 0 nitrogen and oxygen atoms in total. The van der Waals surface area contributed by atoms with Crippen LogP contribution in [0.5, 0.6) is 0 Å². The molecule has 0 aliphatic carbocycles. The van der Waals surface area contributed by atoms with Crippen molar-refractivity contribution in [1.82, 2.24) is 0 Å². The standard InChI is InChI=1S/C9H17Cl/c1-3-6-9(4-2)7-5-8-10/h5,8-9H,3-4,6-7H2,1-2H3. The third-order valence-corrected chi connectivity index (χ3v) is 2.01. The highest BCUT2D eigenvalue weighted by molar-refractivity contribution is 6.25. The largest absolute Gasteiger partial charge is 0.0933 e. The lowest BCUT2D eigenvalue weighted by Gasteiger charge is -2.09. The molecule has 0 spiro atoms. The molecule has 0 aromatic heterocycles. The van der Waals surface area contributed by atoms with E-state index in [0.717, 1.165) is 12.3 Å². The van der Waals surface area contributed by atoms with Crippen LogP contribution in [0.25, 0.3) is 0 Å². The number of rotatable bonds is 5. The summed E-state index contributed by atoms with van der Waals surface area (Å²) in [5.41, 5.74) is 1.62. The van der Waals surface area contributed by atoms with E-state index in [4.69, 9.17) is 11.6 Å². The van der Waals surface area contributed by atoms with E-state index in [1.807, 2.05) is 6.08 Å². The smallest absolute Gasteiger partial charge is 0.000256 e. The van der Waals surface area contributed by atoms with Crippen LogP contribution in [0.15, 0.2) is 11.6 Å². The molecular weight excluding hydrogens is 144 g/mol. The van der Waals surface area contributed by atoms with Crippen molar-refractivity contribution in [2.45, 2.75) is 39.5 Å². The Labute approximate surface area is 69.3 Å². The molecule has 0 N–H and O–H groups in total. The molecule has 0 aliphatic rings. The van der Waals surface area contributed by atoms with Crippen LogP contribution >= 0.6 is 11.6 Å². The number of halogens is 1. The molecule has 0 radical (unpaired) electrons. The van der Waals surface area contributed by atoms with Gasteiger partial charge in [0, 0.05) is 5.54 Å². The number of hydrogen-bond acceptors (Lipinski definition) is 0. The van der Waals surface area contributed by atoms with Gasteiger partial charge in [-0.15, -0.1) is 0 Å². The van der Waals surface area contributed by atoms with Crippen molar-refractivity contribution in [2.24, 2.45) is 5.92 Å². The molecule has 0 amide bonds. The van der Waals surface area contributed by atoms with Crippen LogP contribution < -0.4 is 0 Å². The van der Waals surface area contributed by atoms with Gasteiger partial charge in [-0.2, -0.15) is 0 Å². The maximum atomic E-state index is 5.42. The average molecular weight is 161 g/mol. The minimum atomic E-state index is 0.847. The van der Waals surface area contributed by atoms with Gasteiger partial charge in [-0.1, -0.05) is 50.8 Å². The second-order valence-electron chi connectivity index (χ2n) is 2.66. The van der Waals surface area contributed by atoms with Crippen LogP contribution in [-0.4, -0.2) is 0 Å². The fraction of sp³-hybridized carbons (Fsp3) is 0.778. The first kappa shape index (κ1) is 10.0. The highest BCUT2D eigenvalue weighted by atomic mass is 35.5. The molecule has 1 atom stereocenters. The maximum Gasteiger partial charge on any atom is 0.000256 e. The Morgan fingerprint density at radius 2 is 2.10 bits per heavy atom. The zero-order chi connectivity index (χ0) is 7.82. The molecule has 0 saturated carbocycles. The summed E-state index contributed by atoms with van der Waals surface area (Å²) in [4.78, 5) is 0. The minimum Gasteiger partial charge on any atom is -0.0933 e. The van der Waals surface area contributed by atoms with Gasteiger partial charge in [0.25, 0.3) is 0 Å². The first-order valence-electron chi connectivity index (χ1n) is 4.10. The van der Waals surface area contributed by atoms with Crippen molar-refractivity contribution in [2.75, 3.05) is 0 Å². The molecule has 10 heavy (non-hydrogen) atoms. The zero-order valence-electron chi connectivity index (χ0n) is 6.94. The van der Waals surface area contributed by atoms with E-state index in [2.05, 4.69) is 13.8 Å². The third-order valence-electron chi connectivity index (χ3n) is 1.83. The SMILES string of the molecule is CCCC(CC)CC=CCl.